The summed E-state index contributed by atoms with van der Waals surface area (Å²) in [4.78, 5) is 28.3. The lowest BCUT2D eigenvalue weighted by Crippen LogP contribution is -2.40. The third kappa shape index (κ3) is 4.47. The molecule has 1 saturated carbocycles. The lowest BCUT2D eigenvalue weighted by atomic mass is 9.90. The van der Waals surface area contributed by atoms with Gasteiger partial charge in [-0.05, 0) is 37.5 Å². The van der Waals surface area contributed by atoms with E-state index in [2.05, 4.69) is 0 Å². The van der Waals surface area contributed by atoms with Gasteiger partial charge in [0.2, 0.25) is 0 Å². The van der Waals surface area contributed by atoms with Gasteiger partial charge in [-0.1, -0.05) is 56.5 Å². The molecule has 0 radical (unpaired) electrons. The van der Waals surface area contributed by atoms with Crippen molar-refractivity contribution in [3.05, 3.63) is 65.2 Å². The number of methoxy groups -OCH3 is 1. The van der Waals surface area contributed by atoms with Gasteiger partial charge >= 0.3 is 0 Å². The summed E-state index contributed by atoms with van der Waals surface area (Å²) in [6, 6.07) is 13.6. The molecule has 174 valence electrons. The summed E-state index contributed by atoms with van der Waals surface area (Å²) in [5.41, 5.74) is 1.25. The van der Waals surface area contributed by atoms with Gasteiger partial charge in [-0.15, -0.1) is 0 Å². The zero-order chi connectivity index (χ0) is 23.4. The molecule has 1 N–H and O–H groups in total. The molecule has 2 aromatic rings. The number of nitrogens with zero attached hydrogens (tertiary/aromatic N) is 1. The van der Waals surface area contributed by atoms with Crippen LogP contribution in [0.3, 0.4) is 0 Å². The fourth-order valence-corrected chi connectivity index (χ4v) is 4.89. The second-order valence-electron chi connectivity index (χ2n) is 8.62. The van der Waals surface area contributed by atoms with Crippen LogP contribution in [0, 0.1) is 0 Å². The highest BCUT2D eigenvalue weighted by Crippen LogP contribution is 2.45. The SMILES string of the molecule is CCCOc1cccc(/C(O)=C2/C(=O)C(=O)N(C3CCCCC3)C2c2ccccc2OC)c1. The Labute approximate surface area is 194 Å². The predicted octanol–water partition coefficient (Wildman–Crippen LogP) is 5.24. The highest BCUT2D eigenvalue weighted by atomic mass is 16.5. The van der Waals surface area contributed by atoms with E-state index in [1.54, 1.807) is 30.2 Å². The van der Waals surface area contributed by atoms with Crippen molar-refractivity contribution in [3.8, 4) is 11.5 Å². The third-order valence-electron chi connectivity index (χ3n) is 6.46. The van der Waals surface area contributed by atoms with E-state index >= 15 is 0 Å². The predicted molar refractivity (Wildman–Crippen MR) is 126 cm³/mol. The van der Waals surface area contributed by atoms with E-state index in [-0.39, 0.29) is 17.4 Å². The van der Waals surface area contributed by atoms with Gasteiger partial charge in [0.15, 0.2) is 0 Å². The maximum absolute atomic E-state index is 13.3. The van der Waals surface area contributed by atoms with E-state index in [0.29, 0.717) is 29.2 Å². The van der Waals surface area contributed by atoms with E-state index in [4.69, 9.17) is 9.47 Å². The van der Waals surface area contributed by atoms with Crippen molar-refractivity contribution in [1.29, 1.82) is 0 Å². The van der Waals surface area contributed by atoms with Crippen LogP contribution in [0.2, 0.25) is 0 Å². The van der Waals surface area contributed by atoms with Gasteiger partial charge in [-0.25, -0.2) is 0 Å². The molecule has 4 rings (SSSR count). The van der Waals surface area contributed by atoms with Crippen LogP contribution in [0.4, 0.5) is 0 Å². The molecular weight excluding hydrogens is 418 g/mol. The minimum atomic E-state index is -0.704. The molecule has 2 fully saturated rings. The number of Topliss-reactive ketones (excluding diaryl/α,β-unsaturated/α-hetero) is 1. The van der Waals surface area contributed by atoms with Gasteiger partial charge < -0.3 is 19.5 Å². The minimum absolute atomic E-state index is 0.0466. The zero-order valence-corrected chi connectivity index (χ0v) is 19.3. The van der Waals surface area contributed by atoms with Crippen LogP contribution in [0.25, 0.3) is 5.76 Å². The average Bonchev–Trinajstić information content (AvgIpc) is 3.13. The molecular formula is C27H31NO5. The molecule has 33 heavy (non-hydrogen) atoms. The Morgan fingerprint density at radius 3 is 2.55 bits per heavy atom. The molecule has 0 spiro atoms. The first-order valence-corrected chi connectivity index (χ1v) is 11.7. The Bertz CT molecular complexity index is 1050. The van der Waals surface area contributed by atoms with Crippen molar-refractivity contribution in [2.24, 2.45) is 0 Å². The van der Waals surface area contributed by atoms with Crippen LogP contribution >= 0.6 is 0 Å². The third-order valence-corrected chi connectivity index (χ3v) is 6.46. The highest BCUT2D eigenvalue weighted by molar-refractivity contribution is 6.46. The average molecular weight is 450 g/mol. The lowest BCUT2D eigenvalue weighted by molar-refractivity contribution is -0.141. The zero-order valence-electron chi connectivity index (χ0n) is 19.3. The molecule has 1 atom stereocenters. The van der Waals surface area contributed by atoms with Gasteiger partial charge in [0.25, 0.3) is 11.7 Å². The molecule has 2 aromatic carbocycles. The first kappa shape index (κ1) is 22.9. The van der Waals surface area contributed by atoms with Gasteiger partial charge in [-0.2, -0.15) is 0 Å². The van der Waals surface area contributed by atoms with Gasteiger partial charge in [0.05, 0.1) is 25.3 Å². The first-order chi connectivity index (χ1) is 16.1. The van der Waals surface area contributed by atoms with Gasteiger partial charge in [0, 0.05) is 17.2 Å². The maximum atomic E-state index is 13.3. The van der Waals surface area contributed by atoms with Gasteiger partial charge in [0.1, 0.15) is 17.3 Å². The van der Waals surface area contributed by atoms with Crippen LogP contribution in [0.1, 0.15) is 62.6 Å². The quantitative estimate of drug-likeness (QED) is 0.355. The number of amides is 1. The Hall–Kier alpha value is -3.28. The molecule has 0 bridgehead atoms. The summed E-state index contributed by atoms with van der Waals surface area (Å²) in [5, 5.41) is 11.4. The van der Waals surface area contributed by atoms with Crippen LogP contribution < -0.4 is 9.47 Å². The summed E-state index contributed by atoms with van der Waals surface area (Å²) in [6.07, 6.45) is 5.71. The van der Waals surface area contributed by atoms with Gasteiger partial charge in [-0.3, -0.25) is 9.59 Å². The molecule has 6 heteroatoms. The minimum Gasteiger partial charge on any atom is -0.507 e. The number of aliphatic hydroxyl groups excluding tert-OH is 1. The Kier molecular flexibility index (Phi) is 7.02. The largest absolute Gasteiger partial charge is 0.507 e. The topological polar surface area (TPSA) is 76.1 Å². The summed E-state index contributed by atoms with van der Waals surface area (Å²) >= 11 is 0. The molecule has 1 heterocycles. The highest BCUT2D eigenvalue weighted by Gasteiger charge is 2.49. The first-order valence-electron chi connectivity index (χ1n) is 11.7. The number of para-hydroxylation sites is 1. The van der Waals surface area contributed by atoms with Crippen LogP contribution in [-0.4, -0.2) is 41.5 Å². The Balaban J connectivity index is 1.86. The fraction of sp³-hybridized carbons (Fsp3) is 0.407. The van der Waals surface area contributed by atoms with E-state index in [0.717, 1.165) is 38.5 Å². The molecule has 1 aliphatic heterocycles. The van der Waals surface area contributed by atoms with Crippen LogP contribution in [0.5, 0.6) is 11.5 Å². The number of carbonyl (C=O) groups is 2. The normalized spacial score (nSPS) is 20.8. The van der Waals surface area contributed by atoms with Crippen molar-refractivity contribution < 1.29 is 24.2 Å². The summed E-state index contributed by atoms with van der Waals surface area (Å²) in [5.74, 6) is -0.219. The smallest absolute Gasteiger partial charge is 0.295 e. The van der Waals surface area contributed by atoms with Crippen molar-refractivity contribution in [3.63, 3.8) is 0 Å². The molecule has 1 amide bonds. The van der Waals surface area contributed by atoms with Crippen molar-refractivity contribution in [2.45, 2.75) is 57.5 Å². The number of ketones is 1. The van der Waals surface area contributed by atoms with Crippen molar-refractivity contribution >= 4 is 17.4 Å². The number of likely N-dealkylation sites (tertiary alicyclic amines) is 1. The van der Waals surface area contributed by atoms with E-state index in [1.165, 1.54) is 0 Å². The molecule has 1 saturated heterocycles. The van der Waals surface area contributed by atoms with Crippen LogP contribution in [0.15, 0.2) is 54.1 Å². The number of aliphatic hydroxyl groups is 1. The number of hydrogen-bond acceptors (Lipinski definition) is 5. The summed E-state index contributed by atoms with van der Waals surface area (Å²) in [7, 11) is 1.57. The molecule has 0 aromatic heterocycles. The Morgan fingerprint density at radius 2 is 1.82 bits per heavy atom. The van der Waals surface area contributed by atoms with E-state index in [1.807, 2.05) is 37.3 Å². The molecule has 6 nitrogen and oxygen atoms in total. The number of carbonyl (C=O) groups excluding carboxylic acids is 2. The number of benzene rings is 2. The number of hydrogen-bond donors (Lipinski definition) is 1. The number of rotatable bonds is 7. The summed E-state index contributed by atoms with van der Waals surface area (Å²) < 4.78 is 11.3. The summed E-state index contributed by atoms with van der Waals surface area (Å²) in [6.45, 7) is 2.57. The lowest BCUT2D eigenvalue weighted by Gasteiger charge is -2.35. The van der Waals surface area contributed by atoms with Crippen molar-refractivity contribution in [1.82, 2.24) is 4.90 Å². The molecule has 2 aliphatic rings. The second kappa shape index (κ2) is 10.1. The molecule has 1 unspecified atom stereocenters. The molecule has 1 aliphatic carbocycles. The monoisotopic (exact) mass is 449 g/mol. The van der Waals surface area contributed by atoms with E-state index in [9.17, 15) is 14.7 Å². The fourth-order valence-electron chi connectivity index (χ4n) is 4.89. The Morgan fingerprint density at radius 1 is 1.06 bits per heavy atom. The van der Waals surface area contributed by atoms with Crippen molar-refractivity contribution in [2.75, 3.05) is 13.7 Å². The standard InChI is InChI=1S/C27H31NO5/c1-3-16-33-20-13-9-10-18(17-20)25(29)23-24(21-14-7-8-15-22(21)32-2)28(27(31)26(23)30)19-11-5-4-6-12-19/h7-10,13-15,17,19,24,29H,3-6,11-12,16H2,1-2H3/b25-23-. The maximum Gasteiger partial charge on any atom is 0.295 e. The van der Waals surface area contributed by atoms with Crippen LogP contribution in [-0.2, 0) is 9.59 Å². The number of ether oxygens (including phenoxy) is 2. The van der Waals surface area contributed by atoms with E-state index < -0.39 is 17.7 Å². The second-order valence-corrected chi connectivity index (χ2v) is 8.62.